The lowest BCUT2D eigenvalue weighted by molar-refractivity contribution is 0.212. The van der Waals surface area contributed by atoms with Crippen LogP contribution < -0.4 is 9.47 Å². The Hall–Kier alpha value is -2.01. The number of hydrogen-bond donors (Lipinski definition) is 0. The van der Waals surface area contributed by atoms with E-state index < -0.39 is 0 Å². The summed E-state index contributed by atoms with van der Waals surface area (Å²) in [5.41, 5.74) is 1.21. The van der Waals surface area contributed by atoms with E-state index in [-0.39, 0.29) is 0 Å². The highest BCUT2D eigenvalue weighted by atomic mass is 16.5. The molecule has 0 amide bonds. The Morgan fingerprint density at radius 2 is 2.20 bits per heavy atom. The Kier molecular flexibility index (Phi) is 6.34. The molecule has 0 spiro atoms. The summed E-state index contributed by atoms with van der Waals surface area (Å²) in [6, 6.07) is 8.71. The third kappa shape index (κ3) is 4.54. The van der Waals surface area contributed by atoms with Gasteiger partial charge in [-0.1, -0.05) is 25.5 Å². The summed E-state index contributed by atoms with van der Waals surface area (Å²) in [5, 5.41) is 4.36. The predicted octanol–water partition coefficient (Wildman–Crippen LogP) is 3.74. The molecular weight excluding hydrogens is 314 g/mol. The molecule has 1 aromatic carbocycles. The van der Waals surface area contributed by atoms with Gasteiger partial charge in [-0.25, -0.2) is 0 Å². The molecule has 1 atom stereocenters. The Balaban J connectivity index is 1.72. The molecule has 5 heteroatoms. The van der Waals surface area contributed by atoms with Crippen molar-refractivity contribution in [1.82, 2.24) is 14.7 Å². The van der Waals surface area contributed by atoms with Crippen LogP contribution in [0.15, 0.2) is 36.7 Å². The first-order valence-corrected chi connectivity index (χ1v) is 9.32. The fourth-order valence-electron chi connectivity index (χ4n) is 3.48. The van der Waals surface area contributed by atoms with Gasteiger partial charge >= 0.3 is 0 Å². The summed E-state index contributed by atoms with van der Waals surface area (Å²) in [6.07, 6.45) is 8.53. The van der Waals surface area contributed by atoms with Gasteiger partial charge in [0.2, 0.25) is 0 Å². The van der Waals surface area contributed by atoms with Crippen LogP contribution in [0.5, 0.6) is 11.5 Å². The molecule has 0 radical (unpaired) electrons. The normalized spacial score (nSPS) is 17.8. The zero-order chi connectivity index (χ0) is 17.5. The molecule has 1 aliphatic rings. The molecule has 1 aliphatic heterocycles. The molecule has 0 bridgehead atoms. The van der Waals surface area contributed by atoms with E-state index in [9.17, 15) is 0 Å². The van der Waals surface area contributed by atoms with Crippen LogP contribution in [-0.4, -0.2) is 41.0 Å². The van der Waals surface area contributed by atoms with Crippen LogP contribution >= 0.6 is 0 Å². The fourth-order valence-corrected chi connectivity index (χ4v) is 3.48. The van der Waals surface area contributed by atoms with E-state index in [0.717, 1.165) is 50.6 Å². The van der Waals surface area contributed by atoms with E-state index in [4.69, 9.17) is 9.47 Å². The lowest BCUT2D eigenvalue weighted by atomic mass is 10.1. The second-order valence-corrected chi connectivity index (χ2v) is 6.65. The lowest BCUT2D eigenvalue weighted by Crippen LogP contribution is -2.32. The smallest absolute Gasteiger partial charge is 0.165 e. The summed E-state index contributed by atoms with van der Waals surface area (Å²) in [7, 11) is 1.71. The topological polar surface area (TPSA) is 39.5 Å². The van der Waals surface area contributed by atoms with Crippen molar-refractivity contribution in [3.05, 3.63) is 42.2 Å². The summed E-state index contributed by atoms with van der Waals surface area (Å²) in [4.78, 5) is 2.54. The SMILES string of the molecule is CCCCOc1c(CN2CCC[C@@H]2Cn2cccn2)cccc1OC. The molecule has 136 valence electrons. The molecule has 0 unspecified atom stereocenters. The molecular formula is C20H29N3O2. The number of nitrogens with zero attached hydrogens (tertiary/aromatic N) is 3. The van der Waals surface area contributed by atoms with Gasteiger partial charge < -0.3 is 9.47 Å². The summed E-state index contributed by atoms with van der Waals surface area (Å²) in [6.45, 7) is 5.88. The Bertz CT molecular complexity index is 642. The van der Waals surface area contributed by atoms with Crippen LogP contribution in [0, 0.1) is 0 Å². The molecule has 3 rings (SSSR count). The molecule has 0 N–H and O–H groups in total. The van der Waals surface area contributed by atoms with Gasteiger partial charge in [0.1, 0.15) is 0 Å². The Labute approximate surface area is 150 Å². The van der Waals surface area contributed by atoms with Crippen molar-refractivity contribution in [2.24, 2.45) is 0 Å². The van der Waals surface area contributed by atoms with Crippen LogP contribution in [0.3, 0.4) is 0 Å². The van der Waals surface area contributed by atoms with E-state index >= 15 is 0 Å². The number of methoxy groups -OCH3 is 1. The minimum absolute atomic E-state index is 0.523. The van der Waals surface area contributed by atoms with Gasteiger partial charge in [0.25, 0.3) is 0 Å². The van der Waals surface area contributed by atoms with E-state index in [0.29, 0.717) is 6.04 Å². The van der Waals surface area contributed by atoms with Crippen molar-refractivity contribution in [3.8, 4) is 11.5 Å². The lowest BCUT2D eigenvalue weighted by Gasteiger charge is -2.26. The predicted molar refractivity (Wildman–Crippen MR) is 99.1 cm³/mol. The second-order valence-electron chi connectivity index (χ2n) is 6.65. The molecule has 2 heterocycles. The van der Waals surface area contributed by atoms with E-state index in [1.807, 2.05) is 29.2 Å². The Morgan fingerprint density at radius 1 is 1.28 bits per heavy atom. The molecule has 2 aromatic rings. The largest absolute Gasteiger partial charge is 0.493 e. The average molecular weight is 343 g/mol. The zero-order valence-electron chi connectivity index (χ0n) is 15.4. The number of hydrogen-bond acceptors (Lipinski definition) is 4. The average Bonchev–Trinajstić information content (AvgIpc) is 3.29. The molecule has 25 heavy (non-hydrogen) atoms. The van der Waals surface area contributed by atoms with Crippen molar-refractivity contribution in [2.75, 3.05) is 20.3 Å². The monoisotopic (exact) mass is 343 g/mol. The highest BCUT2D eigenvalue weighted by Gasteiger charge is 2.26. The summed E-state index contributed by atoms with van der Waals surface area (Å²) < 4.78 is 13.7. The maximum absolute atomic E-state index is 6.08. The minimum atomic E-state index is 0.523. The van der Waals surface area contributed by atoms with Gasteiger partial charge in [0.15, 0.2) is 11.5 Å². The van der Waals surface area contributed by atoms with Crippen LogP contribution in [-0.2, 0) is 13.1 Å². The van der Waals surface area contributed by atoms with Crippen molar-refractivity contribution in [3.63, 3.8) is 0 Å². The summed E-state index contributed by atoms with van der Waals surface area (Å²) in [5.74, 6) is 1.74. The molecule has 5 nitrogen and oxygen atoms in total. The molecule has 1 fully saturated rings. The van der Waals surface area contributed by atoms with Gasteiger partial charge in [0, 0.05) is 30.5 Å². The first kappa shape index (κ1) is 17.8. The summed E-state index contributed by atoms with van der Waals surface area (Å²) >= 11 is 0. The third-order valence-electron chi connectivity index (χ3n) is 4.85. The number of aromatic nitrogens is 2. The van der Waals surface area contributed by atoms with Crippen LogP contribution in [0.25, 0.3) is 0 Å². The zero-order valence-corrected chi connectivity index (χ0v) is 15.4. The molecule has 0 saturated carbocycles. The standard InChI is InChI=1S/C20H29N3O2/c1-3-4-14-25-20-17(8-5-10-19(20)24-2)15-22-12-6-9-18(22)16-23-13-7-11-21-23/h5,7-8,10-11,13,18H,3-4,6,9,12,14-16H2,1-2H3/t18-/m1/s1. The first-order chi connectivity index (χ1) is 12.3. The number of likely N-dealkylation sites (tertiary alicyclic amines) is 1. The quantitative estimate of drug-likeness (QED) is 0.650. The van der Waals surface area contributed by atoms with Crippen molar-refractivity contribution in [2.45, 2.75) is 51.7 Å². The highest BCUT2D eigenvalue weighted by Crippen LogP contribution is 2.33. The van der Waals surface area contributed by atoms with E-state index in [2.05, 4.69) is 29.1 Å². The van der Waals surface area contributed by atoms with Crippen LogP contribution in [0.1, 0.15) is 38.2 Å². The molecule has 1 saturated heterocycles. The fraction of sp³-hybridized carbons (Fsp3) is 0.550. The molecule has 1 aromatic heterocycles. The van der Waals surface area contributed by atoms with Gasteiger partial charge in [-0.05, 0) is 37.9 Å². The first-order valence-electron chi connectivity index (χ1n) is 9.32. The number of unbranched alkanes of at least 4 members (excludes halogenated alkanes) is 1. The minimum Gasteiger partial charge on any atom is -0.493 e. The maximum atomic E-state index is 6.08. The van der Waals surface area contributed by atoms with Crippen LogP contribution in [0.4, 0.5) is 0 Å². The number of para-hydroxylation sites is 1. The van der Waals surface area contributed by atoms with Crippen molar-refractivity contribution in [1.29, 1.82) is 0 Å². The maximum Gasteiger partial charge on any atom is 0.165 e. The highest BCUT2D eigenvalue weighted by molar-refractivity contribution is 5.46. The van der Waals surface area contributed by atoms with Gasteiger partial charge in [-0.3, -0.25) is 9.58 Å². The number of rotatable bonds is 9. The van der Waals surface area contributed by atoms with Crippen molar-refractivity contribution >= 4 is 0 Å². The van der Waals surface area contributed by atoms with Gasteiger partial charge in [-0.15, -0.1) is 0 Å². The van der Waals surface area contributed by atoms with Gasteiger partial charge in [0.05, 0.1) is 20.3 Å². The second kappa shape index (κ2) is 8.90. The van der Waals surface area contributed by atoms with E-state index in [1.54, 1.807) is 7.11 Å². The Morgan fingerprint density at radius 3 is 2.96 bits per heavy atom. The van der Waals surface area contributed by atoms with E-state index in [1.165, 1.54) is 18.4 Å². The third-order valence-corrected chi connectivity index (χ3v) is 4.85. The van der Waals surface area contributed by atoms with Crippen molar-refractivity contribution < 1.29 is 9.47 Å². The number of ether oxygens (including phenoxy) is 2. The van der Waals surface area contributed by atoms with Gasteiger partial charge in [-0.2, -0.15) is 5.10 Å². The number of benzene rings is 1. The molecule has 0 aliphatic carbocycles. The van der Waals surface area contributed by atoms with Crippen LogP contribution in [0.2, 0.25) is 0 Å².